The number of amides is 5. The van der Waals surface area contributed by atoms with Crippen molar-refractivity contribution in [1.29, 1.82) is 0 Å². The maximum absolute atomic E-state index is 13.9. The average molecular weight is 2060 g/mol. The Bertz CT molecular complexity index is 3610. The summed E-state index contributed by atoms with van der Waals surface area (Å²) in [6.07, 6.45) is 45.8. The van der Waals surface area contributed by atoms with E-state index in [0.717, 1.165) is 83.5 Å². The molecular weight excluding hydrogens is 1880 g/mol. The molecule has 0 saturated carbocycles. The number of aromatic nitrogens is 2. The van der Waals surface area contributed by atoms with Crippen LogP contribution in [0.2, 0.25) is 0 Å². The highest BCUT2D eigenvalue weighted by Crippen LogP contribution is 2.26. The highest BCUT2D eigenvalue weighted by Gasteiger charge is 2.34. The lowest BCUT2D eigenvalue weighted by molar-refractivity contribution is -0.144. The Morgan fingerprint density at radius 2 is 0.690 bits per heavy atom. The number of unbranched alkanes of at least 4 members (excludes halogenated alkanes) is 34. The number of aliphatic carboxylic acids is 5. The van der Waals surface area contributed by atoms with Crippen LogP contribution in [0.15, 0.2) is 12.5 Å². The Labute approximate surface area is 862 Å². The van der Waals surface area contributed by atoms with Crippen molar-refractivity contribution >= 4 is 94.1 Å². The number of carbonyl (C=O) groups is 16. The first-order valence-corrected chi connectivity index (χ1v) is 54.7. The Morgan fingerprint density at radius 1 is 0.324 bits per heavy atom. The molecule has 5 atom stereocenters. The number of rotatable bonds is 111. The fourth-order valence-corrected chi connectivity index (χ4v) is 16.4. The third-order valence-corrected chi connectivity index (χ3v) is 25.4. The van der Waals surface area contributed by atoms with Crippen LogP contribution in [0, 0.1) is 17.3 Å². The molecule has 834 valence electrons. The number of carboxylic acids is 5. The van der Waals surface area contributed by atoms with Crippen molar-refractivity contribution in [3.05, 3.63) is 18.2 Å². The number of nitrogens with one attached hydrogen (secondary N) is 7. The molecule has 14 N–H and O–H groups in total. The maximum Gasteiger partial charge on any atom is 0.326 e. The number of nitrogens with two attached hydrogens (primary N) is 1. The maximum atomic E-state index is 13.9. The first-order chi connectivity index (χ1) is 70.0. The van der Waals surface area contributed by atoms with E-state index in [-0.39, 0.29) is 182 Å². The lowest BCUT2D eigenvalue weighted by Crippen LogP contribution is -2.45. The minimum atomic E-state index is -1.16. The van der Waals surface area contributed by atoms with Gasteiger partial charge in [-0.25, -0.2) is 9.78 Å². The van der Waals surface area contributed by atoms with Crippen molar-refractivity contribution < 1.29 is 140 Å². The summed E-state index contributed by atoms with van der Waals surface area (Å²) in [5.41, 5.74) is 5.70. The Balaban J connectivity index is 2.25. The quantitative estimate of drug-likeness (QED) is 0.0269. The van der Waals surface area contributed by atoms with E-state index in [1.165, 1.54) is 122 Å². The summed E-state index contributed by atoms with van der Waals surface area (Å²) in [5.74, 6) is -9.80. The zero-order chi connectivity index (χ0) is 106. The average Bonchev–Trinajstić information content (AvgIpc) is 1.56. The molecule has 0 fully saturated rings. The van der Waals surface area contributed by atoms with Gasteiger partial charge in [-0.15, -0.1) is 0 Å². The SMILES string of the molecule is CC(C)(CC(=O)[C@@H](N)Cc1cnc[nH]1)C(=O)CN[C@@H](CCCCNC(=O)COCC(=O)NCCCOCCOCCOCCCNC(=O)CC[C@H](CC(=O)CCCCCCCCCCCCCCCCCCC(=O)O)C(=O)O)C(=O)CC[C@@H](CCCCNC(=O)COCC(=O)CCCCOCCOCCOCCCCC(=O)CC[C@H](NC(=O)CCCCCCCCCCCCCCCCCCC(=O)O)C(=O)O)C(=O)O. The van der Waals surface area contributed by atoms with Gasteiger partial charge in [0.1, 0.15) is 49.8 Å². The summed E-state index contributed by atoms with van der Waals surface area (Å²) >= 11 is 0. The van der Waals surface area contributed by atoms with E-state index in [1.807, 2.05) is 0 Å². The minimum absolute atomic E-state index is 0.00317. The van der Waals surface area contributed by atoms with Crippen molar-refractivity contribution in [1.82, 2.24) is 41.9 Å². The highest BCUT2D eigenvalue weighted by molar-refractivity contribution is 5.94. The molecule has 0 aromatic carbocycles. The number of nitrogens with zero attached hydrogens (tertiary/aromatic N) is 1. The summed E-state index contributed by atoms with van der Waals surface area (Å²) in [6.45, 7) is 7.00. The Kier molecular flexibility index (Phi) is 87.2. The normalized spacial score (nSPS) is 12.5. The number of carbonyl (C=O) groups excluding carboxylic acids is 11. The second kappa shape index (κ2) is 94.0. The summed E-state index contributed by atoms with van der Waals surface area (Å²) in [7, 11) is 0. The molecule has 1 aromatic heterocycles. The lowest BCUT2D eigenvalue weighted by atomic mass is 9.81. The smallest absolute Gasteiger partial charge is 0.326 e. The molecule has 0 aliphatic heterocycles. The second-order valence-corrected chi connectivity index (χ2v) is 39.0. The van der Waals surface area contributed by atoms with Gasteiger partial charge in [0.05, 0.1) is 89.6 Å². The molecule has 5 amide bonds. The molecular formula is C107H187N9O29. The molecule has 1 rings (SSSR count). The number of H-pyrrole nitrogens is 1. The molecule has 1 aromatic rings. The predicted octanol–water partition coefficient (Wildman–Crippen LogP) is 14.0. The first-order valence-electron chi connectivity index (χ1n) is 54.7. The topological polar surface area (TPSA) is 575 Å². The van der Waals surface area contributed by atoms with Crippen LogP contribution >= 0.6 is 0 Å². The van der Waals surface area contributed by atoms with Crippen LogP contribution in [0.25, 0.3) is 0 Å². The van der Waals surface area contributed by atoms with Gasteiger partial charge in [0.2, 0.25) is 29.5 Å². The van der Waals surface area contributed by atoms with Crippen molar-refractivity contribution in [2.75, 3.05) is 138 Å². The summed E-state index contributed by atoms with van der Waals surface area (Å²) in [6, 6.07) is -2.87. The van der Waals surface area contributed by atoms with Crippen LogP contribution in [0.1, 0.15) is 392 Å². The zero-order valence-electron chi connectivity index (χ0n) is 88.2. The van der Waals surface area contributed by atoms with Crippen LogP contribution in [0.4, 0.5) is 0 Å². The third kappa shape index (κ3) is 86.1. The van der Waals surface area contributed by atoms with Crippen LogP contribution in [0.3, 0.4) is 0 Å². The molecule has 0 spiro atoms. The molecule has 0 radical (unpaired) electrons. The highest BCUT2D eigenvalue weighted by atomic mass is 16.6. The fourth-order valence-electron chi connectivity index (χ4n) is 16.4. The summed E-state index contributed by atoms with van der Waals surface area (Å²) in [4.78, 5) is 205. The Hall–Kier alpha value is -8.47. The van der Waals surface area contributed by atoms with E-state index in [2.05, 4.69) is 41.9 Å². The number of imidazole rings is 1. The van der Waals surface area contributed by atoms with E-state index >= 15 is 0 Å². The van der Waals surface area contributed by atoms with Crippen molar-refractivity contribution in [2.45, 2.75) is 411 Å². The van der Waals surface area contributed by atoms with Gasteiger partial charge in [0.15, 0.2) is 17.3 Å². The third-order valence-electron chi connectivity index (χ3n) is 25.4. The molecule has 0 aliphatic carbocycles. The number of ketones is 6. The predicted molar refractivity (Wildman–Crippen MR) is 549 cm³/mol. The van der Waals surface area contributed by atoms with Gasteiger partial charge in [-0.05, 0) is 116 Å². The van der Waals surface area contributed by atoms with Gasteiger partial charge in [-0.2, -0.15) is 0 Å². The number of carboxylic acid groups (broad SMARTS) is 5. The van der Waals surface area contributed by atoms with Gasteiger partial charge >= 0.3 is 29.8 Å². The molecule has 0 unspecified atom stereocenters. The molecule has 0 aliphatic rings. The first kappa shape index (κ1) is 135. The van der Waals surface area contributed by atoms with Crippen LogP contribution < -0.4 is 37.6 Å². The largest absolute Gasteiger partial charge is 0.481 e. The molecule has 38 heteroatoms. The van der Waals surface area contributed by atoms with E-state index in [4.69, 9.17) is 53.8 Å². The Morgan fingerprint density at radius 3 is 1.11 bits per heavy atom. The molecule has 0 bridgehead atoms. The van der Waals surface area contributed by atoms with Crippen LogP contribution in [0.5, 0.6) is 0 Å². The van der Waals surface area contributed by atoms with Crippen molar-refractivity contribution in [3.8, 4) is 0 Å². The molecule has 38 nitrogen and oxygen atoms in total. The van der Waals surface area contributed by atoms with Crippen LogP contribution in [-0.4, -0.2) is 286 Å². The van der Waals surface area contributed by atoms with E-state index in [0.29, 0.717) is 182 Å². The minimum Gasteiger partial charge on any atom is -0.481 e. The lowest BCUT2D eigenvalue weighted by Gasteiger charge is -2.26. The van der Waals surface area contributed by atoms with Crippen molar-refractivity contribution in [3.63, 3.8) is 0 Å². The fraction of sp³-hybridized carbons (Fsp3) is 0.822. The number of hydrogen-bond acceptors (Lipinski definition) is 27. The van der Waals surface area contributed by atoms with Gasteiger partial charge in [0.25, 0.3) is 0 Å². The van der Waals surface area contributed by atoms with Crippen molar-refractivity contribution in [2.24, 2.45) is 23.0 Å². The summed E-state index contributed by atoms with van der Waals surface area (Å²) in [5, 5.41) is 63.6. The van der Waals surface area contributed by atoms with E-state index in [9.17, 15) is 92.0 Å². The van der Waals surface area contributed by atoms with Gasteiger partial charge < -0.3 is 106 Å². The van der Waals surface area contributed by atoms with Gasteiger partial charge in [-0.3, -0.25) is 71.9 Å². The molecule has 1 heterocycles. The number of Topliss-reactive ketones (excluding diaryl/α,β-unsaturated/α-hetero) is 6. The number of aromatic amines is 1. The van der Waals surface area contributed by atoms with Gasteiger partial charge in [0, 0.05) is 147 Å². The molecule has 0 saturated heterocycles. The van der Waals surface area contributed by atoms with E-state index in [1.54, 1.807) is 20.0 Å². The second-order valence-electron chi connectivity index (χ2n) is 39.0. The summed E-state index contributed by atoms with van der Waals surface area (Å²) < 4.78 is 44.2. The van der Waals surface area contributed by atoms with Crippen LogP contribution in [-0.2, 0) is 121 Å². The standard InChI is InChI=1S/C107H187N9O29/c1-107(2,77-95(121)91(108)76-87-78-109-84-115-87)96(122)79-114-92(49-36-40-60-112-100(126)82-145-83-101(127)113-62-44-66-141-70-74-143-73-69-140-65-43-61-110-97(123)58-54-86(105(134)135)75-89(118)47-31-27-23-19-15-11-7-3-5-9-13-17-21-25-29-33-51-102(128)129)94(120)57-53-85(104(132)133)45-35-39-59-111-99(125)81-144-80-90(119)48-38-42-64-139-68-72-142-71-67-138-63-41-37-46-88(117)55-56-93(106(136)137)116-98(124)50-32-28-24-20-16-12-8-4-6-10-14-18-22-26-30-34-52-103(130)131/h78,84-86,91-93,114H,3-77,79-83,108H2,1-2H3,(H,109,115)(H,110,123)(H,111,125)(H,112,126)(H,113,127)(H,116,124)(H,128,129)(H,130,131)(H,132,133)(H,134,135)(H,136,137)/t85-,86-,91+,92+,93+/m1/s1. The van der Waals surface area contributed by atoms with E-state index < -0.39 is 89.6 Å². The number of ether oxygens (including phenoxy) is 8. The monoisotopic (exact) mass is 2060 g/mol. The number of hydrogen-bond donors (Lipinski definition) is 13. The molecule has 145 heavy (non-hydrogen) atoms. The van der Waals surface area contributed by atoms with Gasteiger partial charge in [-0.1, -0.05) is 200 Å². The zero-order valence-corrected chi connectivity index (χ0v) is 88.2.